The smallest absolute Gasteiger partial charge is 0.364 e. The Labute approximate surface area is 62.6 Å². The van der Waals surface area contributed by atoms with Crippen molar-refractivity contribution in [2.75, 3.05) is 7.05 Å². The summed E-state index contributed by atoms with van der Waals surface area (Å²) in [5.74, 6) is -0.747. The van der Waals surface area contributed by atoms with Gasteiger partial charge in [-0.1, -0.05) is 0 Å². The number of rotatable bonds is 1. The predicted molar refractivity (Wildman–Crippen MR) is 35.5 cm³/mol. The van der Waals surface area contributed by atoms with E-state index in [1.807, 2.05) is 0 Å². The molecule has 0 atom stereocenters. The maximum atomic E-state index is 10.5. The molecular formula is C4H9N4O3+. The monoisotopic (exact) mass is 161 g/mol. The Morgan fingerprint density at radius 2 is 2.18 bits per heavy atom. The van der Waals surface area contributed by atoms with Crippen LogP contribution in [0, 0.1) is 4.91 Å². The van der Waals surface area contributed by atoms with Crippen LogP contribution in [0.3, 0.4) is 0 Å². The molecule has 0 saturated carbocycles. The Hall–Kier alpha value is -1.66. The Kier molecular flexibility index (Phi) is 2.97. The lowest BCUT2D eigenvalue weighted by Gasteiger charge is -2.08. The van der Waals surface area contributed by atoms with E-state index in [1.54, 1.807) is 0 Å². The molecule has 0 aliphatic heterocycles. The van der Waals surface area contributed by atoms with Crippen molar-refractivity contribution in [1.82, 2.24) is 4.90 Å². The van der Waals surface area contributed by atoms with Crippen LogP contribution in [0.2, 0.25) is 0 Å². The van der Waals surface area contributed by atoms with Gasteiger partial charge in [0.1, 0.15) is 10.0 Å². The highest BCUT2D eigenvalue weighted by Gasteiger charge is 2.12. The molecule has 0 aromatic heterocycles. The number of carbonyl (C=O) groups is 1. The minimum atomic E-state index is -0.714. The fourth-order valence-corrected chi connectivity index (χ4v) is 0.316. The van der Waals surface area contributed by atoms with Gasteiger partial charge < -0.3 is 5.73 Å². The third-order valence-corrected chi connectivity index (χ3v) is 1.00. The molecule has 0 aliphatic carbocycles. The third-order valence-electron chi connectivity index (χ3n) is 1.00. The first-order chi connectivity index (χ1) is 4.95. The maximum absolute atomic E-state index is 10.5. The molecule has 0 fully saturated rings. The van der Waals surface area contributed by atoms with E-state index in [-0.39, 0.29) is 11.9 Å². The molecule has 7 nitrogen and oxygen atoms in total. The number of nitrogens with two attached hydrogens (primary N) is 1. The summed E-state index contributed by atoms with van der Waals surface area (Å²) in [6.07, 6.45) is 0. The summed E-state index contributed by atoms with van der Waals surface area (Å²) in [5, 5.41) is 10.1. The molecule has 0 aromatic carbocycles. The van der Waals surface area contributed by atoms with Crippen LogP contribution in [0.25, 0.3) is 0 Å². The van der Waals surface area contributed by atoms with Crippen LogP contribution in [-0.2, 0) is 4.79 Å². The van der Waals surface area contributed by atoms with Gasteiger partial charge in [-0.2, -0.15) is 0 Å². The standard InChI is InChI=1S/C4H9N4O3/c1-3(9)7(2)4(5)6-8(10)11/h1-2H3,(H2,5,6)(H,10,11)/q+1. The number of amides is 1. The highest BCUT2D eigenvalue weighted by molar-refractivity contribution is 5.94. The predicted octanol–water partition coefficient (Wildman–Crippen LogP) is -1.14. The number of nitrogens with zero attached hydrogens (tertiary/aromatic N) is 3. The van der Waals surface area contributed by atoms with Gasteiger partial charge in [0.05, 0.1) is 0 Å². The molecule has 62 valence electrons. The van der Waals surface area contributed by atoms with Crippen molar-refractivity contribution in [2.45, 2.75) is 6.92 Å². The zero-order valence-electron chi connectivity index (χ0n) is 6.18. The first kappa shape index (κ1) is 9.34. The second-order valence-corrected chi connectivity index (χ2v) is 1.79. The van der Waals surface area contributed by atoms with E-state index < -0.39 is 5.03 Å². The molecule has 0 bridgehead atoms. The topological polar surface area (TPSA) is 99.0 Å². The lowest BCUT2D eigenvalue weighted by molar-refractivity contribution is -0.796. The normalized spacial score (nSPS) is 10.9. The quantitative estimate of drug-likeness (QED) is 0.288. The average Bonchev–Trinajstić information content (AvgIpc) is 1.84. The van der Waals surface area contributed by atoms with Crippen molar-refractivity contribution >= 4 is 11.9 Å². The number of hydrogen-bond acceptors (Lipinski definition) is 2. The maximum Gasteiger partial charge on any atom is 0.391 e. The highest BCUT2D eigenvalue weighted by atomic mass is 16.7. The van der Waals surface area contributed by atoms with Crippen LogP contribution in [0.4, 0.5) is 0 Å². The number of guanidine groups is 1. The van der Waals surface area contributed by atoms with Crippen LogP contribution in [0.5, 0.6) is 0 Å². The molecular weight excluding hydrogens is 152 g/mol. The second-order valence-electron chi connectivity index (χ2n) is 1.79. The van der Waals surface area contributed by atoms with Crippen molar-refractivity contribution in [3.63, 3.8) is 0 Å². The van der Waals surface area contributed by atoms with E-state index in [1.165, 1.54) is 14.0 Å². The van der Waals surface area contributed by atoms with Gasteiger partial charge in [-0.05, 0) is 0 Å². The summed E-state index contributed by atoms with van der Waals surface area (Å²) in [5.41, 5.74) is 5.07. The molecule has 0 aromatic rings. The van der Waals surface area contributed by atoms with E-state index in [4.69, 9.17) is 10.9 Å². The fourth-order valence-electron chi connectivity index (χ4n) is 0.316. The van der Waals surface area contributed by atoms with Crippen LogP contribution >= 0.6 is 0 Å². The molecule has 7 heteroatoms. The number of carbonyl (C=O) groups excluding carboxylic acids is 1. The molecule has 0 radical (unpaired) electrons. The molecule has 1 amide bonds. The summed E-state index contributed by atoms with van der Waals surface area (Å²) >= 11 is 0. The van der Waals surface area contributed by atoms with Gasteiger partial charge in [0.2, 0.25) is 5.91 Å². The minimum absolute atomic E-state index is 0.366. The summed E-state index contributed by atoms with van der Waals surface area (Å²) in [6.45, 7) is 1.24. The van der Waals surface area contributed by atoms with Gasteiger partial charge in [0.25, 0.3) is 5.96 Å². The molecule has 0 aliphatic rings. The van der Waals surface area contributed by atoms with Crippen molar-refractivity contribution < 1.29 is 15.0 Å². The summed E-state index contributed by atoms with van der Waals surface area (Å²) in [7, 11) is 1.32. The first-order valence-electron chi connectivity index (χ1n) is 2.69. The molecule has 0 heterocycles. The van der Waals surface area contributed by atoms with Crippen LogP contribution in [0.1, 0.15) is 6.92 Å². The van der Waals surface area contributed by atoms with E-state index in [9.17, 15) is 9.70 Å². The highest BCUT2D eigenvalue weighted by Crippen LogP contribution is 1.82. The van der Waals surface area contributed by atoms with Gasteiger partial charge >= 0.3 is 5.03 Å². The van der Waals surface area contributed by atoms with Crippen molar-refractivity contribution in [2.24, 2.45) is 10.8 Å². The average molecular weight is 161 g/mol. The van der Waals surface area contributed by atoms with Crippen LogP contribution < -0.4 is 5.73 Å². The Morgan fingerprint density at radius 1 is 1.73 bits per heavy atom. The number of hydrogen-bond donors (Lipinski definition) is 2. The van der Waals surface area contributed by atoms with Gasteiger partial charge in [0.15, 0.2) is 0 Å². The molecule has 0 rings (SSSR count). The summed E-state index contributed by atoms with van der Waals surface area (Å²) in [6, 6.07) is 0. The van der Waals surface area contributed by atoms with Gasteiger partial charge in [0, 0.05) is 14.0 Å². The Balaban J connectivity index is 4.35. The molecule has 0 unspecified atom stereocenters. The van der Waals surface area contributed by atoms with Crippen LogP contribution in [-0.4, -0.2) is 34.1 Å². The zero-order chi connectivity index (χ0) is 9.02. The van der Waals surface area contributed by atoms with Crippen molar-refractivity contribution in [1.29, 1.82) is 0 Å². The second kappa shape index (κ2) is 3.49. The van der Waals surface area contributed by atoms with Gasteiger partial charge in [-0.3, -0.25) is 9.69 Å². The lowest BCUT2D eigenvalue weighted by atomic mass is 10.6. The van der Waals surface area contributed by atoms with E-state index in [0.29, 0.717) is 0 Å². The number of hydrazone groups is 1. The molecule has 11 heavy (non-hydrogen) atoms. The van der Waals surface area contributed by atoms with Crippen molar-refractivity contribution in [3.8, 4) is 0 Å². The van der Waals surface area contributed by atoms with Crippen molar-refractivity contribution in [3.05, 3.63) is 4.91 Å². The Bertz CT molecular complexity index is 211. The summed E-state index contributed by atoms with van der Waals surface area (Å²) in [4.78, 5) is 21.3. The van der Waals surface area contributed by atoms with E-state index >= 15 is 0 Å². The fraction of sp³-hybridized carbons (Fsp3) is 0.500. The van der Waals surface area contributed by atoms with Crippen LogP contribution in [0.15, 0.2) is 5.10 Å². The molecule has 0 spiro atoms. The molecule has 0 saturated heterocycles. The lowest BCUT2D eigenvalue weighted by Crippen LogP contribution is -2.38. The Morgan fingerprint density at radius 3 is 2.45 bits per heavy atom. The summed E-state index contributed by atoms with van der Waals surface area (Å²) < 4.78 is 0. The molecule has 3 N–H and O–H groups in total. The first-order valence-corrected chi connectivity index (χ1v) is 2.69. The van der Waals surface area contributed by atoms with E-state index in [2.05, 4.69) is 5.10 Å². The third kappa shape index (κ3) is 3.14. The van der Waals surface area contributed by atoms with E-state index in [0.717, 1.165) is 4.90 Å². The SMILES string of the molecule is CC(=O)N(C)/C(N)=N/[N+](=O)O. The zero-order valence-corrected chi connectivity index (χ0v) is 6.18. The van der Waals surface area contributed by atoms with Gasteiger partial charge in [-0.15, -0.1) is 0 Å². The minimum Gasteiger partial charge on any atom is -0.364 e. The van der Waals surface area contributed by atoms with Gasteiger partial charge in [-0.25, -0.2) is 5.21 Å². The largest absolute Gasteiger partial charge is 0.391 e.